The number of hydrogen-bond acceptors (Lipinski definition) is 5. The first-order valence-corrected chi connectivity index (χ1v) is 5.45. The number of anilines is 1. The van der Waals surface area contributed by atoms with Crippen molar-refractivity contribution in [3.63, 3.8) is 0 Å². The third kappa shape index (κ3) is 2.34. The van der Waals surface area contributed by atoms with E-state index in [1.807, 2.05) is 0 Å². The molecule has 0 fully saturated rings. The van der Waals surface area contributed by atoms with E-state index >= 15 is 0 Å². The second-order valence-corrected chi connectivity index (χ2v) is 4.32. The molecule has 2 heterocycles. The summed E-state index contributed by atoms with van der Waals surface area (Å²) in [5.41, 5.74) is 0.755. The molecule has 2 N–H and O–H groups in total. The van der Waals surface area contributed by atoms with E-state index in [-0.39, 0.29) is 10.6 Å². The van der Waals surface area contributed by atoms with Crippen LogP contribution >= 0.6 is 11.3 Å². The highest BCUT2D eigenvalue weighted by Crippen LogP contribution is 2.26. The van der Waals surface area contributed by atoms with Crippen molar-refractivity contribution in [2.75, 3.05) is 5.32 Å². The van der Waals surface area contributed by atoms with Crippen LogP contribution in [0.15, 0.2) is 22.9 Å². The molecule has 0 aliphatic rings. The van der Waals surface area contributed by atoms with E-state index in [4.69, 9.17) is 5.11 Å². The Morgan fingerprint density at radius 3 is 2.82 bits per heavy atom. The quantitative estimate of drug-likeness (QED) is 0.871. The van der Waals surface area contributed by atoms with Gasteiger partial charge in [-0.05, 0) is 18.6 Å². The summed E-state index contributed by atoms with van der Waals surface area (Å²) in [7, 11) is 0. The molecule has 0 saturated heterocycles. The Kier molecular flexibility index (Phi) is 2.92. The number of hydrogen-bond donors (Lipinski definition) is 2. The molecular formula is C10H8N2O4S. The van der Waals surface area contributed by atoms with Crippen molar-refractivity contribution in [3.8, 4) is 0 Å². The van der Waals surface area contributed by atoms with E-state index in [1.165, 1.54) is 12.3 Å². The highest BCUT2D eigenvalue weighted by molar-refractivity contribution is 7.18. The van der Waals surface area contributed by atoms with Crippen molar-refractivity contribution >= 4 is 28.2 Å². The Hall–Kier alpha value is -2.15. The lowest BCUT2D eigenvalue weighted by molar-refractivity contribution is 0.0701. The summed E-state index contributed by atoms with van der Waals surface area (Å²) in [4.78, 5) is 22.6. The van der Waals surface area contributed by atoms with Crippen molar-refractivity contribution in [3.05, 3.63) is 34.5 Å². The summed E-state index contributed by atoms with van der Waals surface area (Å²) in [5, 5.41) is 15.4. The number of nitrogens with one attached hydrogen (secondary N) is 1. The fourth-order valence-electron chi connectivity index (χ4n) is 1.26. The normalized spacial score (nSPS) is 10.2. The highest BCUT2D eigenvalue weighted by atomic mass is 32.1. The minimum Gasteiger partial charge on any atom is -0.477 e. The molecule has 2 aromatic heterocycles. The van der Waals surface area contributed by atoms with Crippen LogP contribution in [0.3, 0.4) is 0 Å². The largest absolute Gasteiger partial charge is 0.477 e. The molecule has 0 saturated carbocycles. The summed E-state index contributed by atoms with van der Waals surface area (Å²) in [5.74, 6) is -1.44. The van der Waals surface area contributed by atoms with Crippen LogP contribution in [0.5, 0.6) is 0 Å². The SMILES string of the molecule is Cc1cc(NC(=O)c2ccon2)sc1C(=O)O. The summed E-state index contributed by atoms with van der Waals surface area (Å²) in [6, 6.07) is 3.03. The maximum absolute atomic E-state index is 11.6. The molecular weight excluding hydrogens is 244 g/mol. The van der Waals surface area contributed by atoms with Gasteiger partial charge in [-0.1, -0.05) is 5.16 Å². The Bertz CT molecular complexity index is 559. The van der Waals surface area contributed by atoms with E-state index in [9.17, 15) is 9.59 Å². The van der Waals surface area contributed by atoms with Crippen LogP contribution in [0, 0.1) is 6.92 Å². The van der Waals surface area contributed by atoms with Crippen LogP contribution in [0.25, 0.3) is 0 Å². The lowest BCUT2D eigenvalue weighted by Gasteiger charge is -1.96. The van der Waals surface area contributed by atoms with Crippen LogP contribution in [-0.4, -0.2) is 22.1 Å². The molecule has 0 aliphatic heterocycles. The van der Waals surface area contributed by atoms with Crippen LogP contribution in [0.1, 0.15) is 25.7 Å². The lowest BCUT2D eigenvalue weighted by Crippen LogP contribution is -2.10. The number of thiophene rings is 1. The number of carbonyl (C=O) groups is 2. The zero-order valence-corrected chi connectivity index (χ0v) is 9.58. The molecule has 1 amide bonds. The van der Waals surface area contributed by atoms with Gasteiger partial charge >= 0.3 is 5.97 Å². The lowest BCUT2D eigenvalue weighted by atomic mass is 10.3. The van der Waals surface area contributed by atoms with Crippen molar-refractivity contribution < 1.29 is 19.2 Å². The van der Waals surface area contributed by atoms with E-state index < -0.39 is 11.9 Å². The van der Waals surface area contributed by atoms with Gasteiger partial charge in [-0.25, -0.2) is 4.79 Å². The van der Waals surface area contributed by atoms with Gasteiger partial charge in [0.25, 0.3) is 5.91 Å². The first-order valence-electron chi connectivity index (χ1n) is 4.63. The Morgan fingerprint density at radius 1 is 1.53 bits per heavy atom. The number of amides is 1. The fraction of sp³-hybridized carbons (Fsp3) is 0.100. The van der Waals surface area contributed by atoms with Crippen molar-refractivity contribution in [1.82, 2.24) is 5.16 Å². The number of rotatable bonds is 3. The second kappa shape index (κ2) is 4.38. The maximum atomic E-state index is 11.6. The minimum absolute atomic E-state index is 0.146. The van der Waals surface area contributed by atoms with Gasteiger partial charge in [0.15, 0.2) is 5.69 Å². The van der Waals surface area contributed by atoms with Crippen LogP contribution in [0.4, 0.5) is 5.00 Å². The third-order valence-corrected chi connectivity index (χ3v) is 3.16. The maximum Gasteiger partial charge on any atom is 0.346 e. The van der Waals surface area contributed by atoms with E-state index in [2.05, 4.69) is 15.0 Å². The summed E-state index contributed by atoms with van der Waals surface area (Å²) in [6.07, 6.45) is 1.29. The number of carbonyl (C=O) groups excluding carboxylic acids is 1. The van der Waals surface area contributed by atoms with Gasteiger partial charge in [0.2, 0.25) is 0 Å². The van der Waals surface area contributed by atoms with Crippen LogP contribution in [-0.2, 0) is 0 Å². The van der Waals surface area contributed by atoms with Crippen molar-refractivity contribution in [2.45, 2.75) is 6.92 Å². The van der Waals surface area contributed by atoms with Gasteiger partial charge in [-0.2, -0.15) is 0 Å². The highest BCUT2D eigenvalue weighted by Gasteiger charge is 2.15. The molecule has 88 valence electrons. The molecule has 7 heteroatoms. The molecule has 6 nitrogen and oxygen atoms in total. The van der Waals surface area contributed by atoms with Crippen LogP contribution in [0.2, 0.25) is 0 Å². The van der Waals surface area contributed by atoms with Crippen LogP contribution < -0.4 is 5.32 Å². The molecule has 0 unspecified atom stereocenters. The zero-order chi connectivity index (χ0) is 12.4. The fourth-order valence-corrected chi connectivity index (χ4v) is 2.17. The van der Waals surface area contributed by atoms with Crippen molar-refractivity contribution in [2.24, 2.45) is 0 Å². The van der Waals surface area contributed by atoms with Gasteiger partial charge in [0.05, 0.1) is 5.00 Å². The number of carboxylic acids is 1. The number of aryl methyl sites for hydroxylation is 1. The summed E-state index contributed by atoms with van der Waals surface area (Å²) >= 11 is 1.00. The number of aromatic carboxylic acids is 1. The Balaban J connectivity index is 2.17. The van der Waals surface area contributed by atoms with Gasteiger partial charge in [-0.15, -0.1) is 11.3 Å². The molecule has 0 spiro atoms. The predicted molar refractivity (Wildman–Crippen MR) is 60.5 cm³/mol. The number of carboxylic acid groups (broad SMARTS) is 1. The first-order chi connectivity index (χ1) is 8.08. The Morgan fingerprint density at radius 2 is 2.29 bits per heavy atom. The molecule has 2 rings (SSSR count). The van der Waals surface area contributed by atoms with E-state index in [0.717, 1.165) is 11.3 Å². The second-order valence-electron chi connectivity index (χ2n) is 3.27. The minimum atomic E-state index is -1.01. The van der Waals surface area contributed by atoms with Crippen molar-refractivity contribution in [1.29, 1.82) is 0 Å². The van der Waals surface area contributed by atoms with Gasteiger partial charge in [0.1, 0.15) is 11.1 Å². The topological polar surface area (TPSA) is 92.4 Å². The van der Waals surface area contributed by atoms with Gasteiger partial charge in [-0.3, -0.25) is 4.79 Å². The summed E-state index contributed by atoms with van der Waals surface area (Å²) in [6.45, 7) is 1.67. The molecule has 0 radical (unpaired) electrons. The van der Waals surface area contributed by atoms with E-state index in [0.29, 0.717) is 10.6 Å². The monoisotopic (exact) mass is 252 g/mol. The molecule has 0 atom stereocenters. The van der Waals surface area contributed by atoms with Gasteiger partial charge < -0.3 is 14.9 Å². The molecule has 2 aromatic rings. The molecule has 17 heavy (non-hydrogen) atoms. The standard InChI is InChI=1S/C10H8N2O4S/c1-5-4-7(17-8(5)10(14)15)11-9(13)6-2-3-16-12-6/h2-4H,1H3,(H,11,13)(H,14,15). The van der Waals surface area contributed by atoms with Gasteiger partial charge in [0, 0.05) is 6.07 Å². The zero-order valence-electron chi connectivity index (χ0n) is 8.76. The first kappa shape index (κ1) is 11.3. The molecule has 0 aliphatic carbocycles. The molecule has 0 bridgehead atoms. The third-order valence-electron chi connectivity index (χ3n) is 2.02. The summed E-state index contributed by atoms with van der Waals surface area (Å²) < 4.78 is 4.54. The average molecular weight is 252 g/mol. The predicted octanol–water partition coefficient (Wildman–Crippen LogP) is 2.00. The Labute approximate surface area is 99.9 Å². The smallest absolute Gasteiger partial charge is 0.346 e. The average Bonchev–Trinajstić information content (AvgIpc) is 2.86. The molecule has 0 aromatic carbocycles. The number of nitrogens with zero attached hydrogens (tertiary/aromatic N) is 1. The van der Waals surface area contributed by atoms with E-state index in [1.54, 1.807) is 13.0 Å². The number of aromatic nitrogens is 1.